The zero-order chi connectivity index (χ0) is 9.46. The summed E-state index contributed by atoms with van der Waals surface area (Å²) >= 11 is 0. The Morgan fingerprint density at radius 1 is 1.08 bits per heavy atom. The zero-order valence-corrected chi connectivity index (χ0v) is 7.71. The minimum Gasteiger partial charge on any atom is -0.805 e. The second-order valence-electron chi connectivity index (χ2n) is 2.93. The first-order valence-corrected chi connectivity index (χ1v) is 3.76. The second kappa shape index (κ2) is 2.62. The number of hydrogen-bond acceptors (Lipinski definition) is 2. The van der Waals surface area contributed by atoms with Gasteiger partial charge in [-0.05, 0) is 13.8 Å². The lowest BCUT2D eigenvalue weighted by molar-refractivity contribution is -0.512. The Labute approximate surface area is 70.6 Å². The Bertz CT molecular complexity index is 347. The molecule has 0 aromatic carbocycles. The van der Waals surface area contributed by atoms with Gasteiger partial charge in [0.2, 0.25) is 0 Å². The molecule has 0 N–H and O–H groups in total. The molecule has 0 saturated carbocycles. The molecule has 0 aliphatic heterocycles. The normalized spacial score (nSPS) is 10.3. The summed E-state index contributed by atoms with van der Waals surface area (Å²) in [6, 6.07) is 0. The summed E-state index contributed by atoms with van der Waals surface area (Å²) < 4.78 is 1.58. The molecule has 0 saturated heterocycles. The van der Waals surface area contributed by atoms with Gasteiger partial charge in [-0.15, -0.1) is 0 Å². The van der Waals surface area contributed by atoms with Crippen molar-refractivity contribution in [3.8, 4) is 0 Å². The van der Waals surface area contributed by atoms with E-state index in [0.29, 0.717) is 22.8 Å². The maximum atomic E-state index is 11.3. The van der Waals surface area contributed by atoms with Crippen molar-refractivity contribution in [2.75, 3.05) is 0 Å². The molecule has 0 aliphatic rings. The maximum Gasteiger partial charge on any atom is 0.255 e. The van der Waals surface area contributed by atoms with Crippen LogP contribution < -0.4 is 4.43 Å². The van der Waals surface area contributed by atoms with Crippen molar-refractivity contribution >= 4 is 0 Å². The van der Waals surface area contributed by atoms with E-state index in [-0.39, 0.29) is 0 Å². The summed E-state index contributed by atoms with van der Waals surface area (Å²) in [5.41, 5.74) is 1.86. The van der Waals surface area contributed by atoms with Crippen LogP contribution in [0.5, 0.6) is 0 Å². The molecule has 0 unspecified atom stereocenters. The fourth-order valence-corrected chi connectivity index (χ4v) is 1.09. The molecule has 0 aliphatic carbocycles. The number of nitrogens with zero attached hydrogens (tertiary/aromatic N) is 2. The summed E-state index contributed by atoms with van der Waals surface area (Å²) in [6.07, 6.45) is 0. The van der Waals surface area contributed by atoms with Crippen molar-refractivity contribution in [1.29, 1.82) is 0 Å². The molecule has 0 spiro atoms. The molecule has 0 bridgehead atoms. The quantitative estimate of drug-likeness (QED) is 0.542. The van der Waals surface area contributed by atoms with Crippen molar-refractivity contribution < 1.29 is 4.43 Å². The summed E-state index contributed by atoms with van der Waals surface area (Å²) in [5.74, 6) is 0. The van der Waals surface area contributed by atoms with Gasteiger partial charge in [-0.25, -0.2) is 0 Å². The molecular formula is C8H12N2O2. The standard InChI is InChI=1S/C8H12N2O2/c1-5-6(2)10(12)8(4)7(3)9(5)11/h1-4H3. The van der Waals surface area contributed by atoms with E-state index in [2.05, 4.69) is 0 Å². The number of aromatic nitrogens is 2. The van der Waals surface area contributed by atoms with Gasteiger partial charge in [0.1, 0.15) is 0 Å². The lowest BCUT2D eigenvalue weighted by Crippen LogP contribution is -2.28. The molecule has 4 heteroatoms. The second-order valence-corrected chi connectivity index (χ2v) is 2.93. The molecular weight excluding hydrogens is 156 g/mol. The van der Waals surface area contributed by atoms with E-state index < -0.39 is 0 Å². The van der Waals surface area contributed by atoms with E-state index in [1.807, 2.05) is 0 Å². The molecule has 0 atom stereocenters. The van der Waals surface area contributed by atoms with Crippen molar-refractivity contribution in [1.82, 2.24) is 4.73 Å². The van der Waals surface area contributed by atoms with Crippen LogP contribution in [0.2, 0.25) is 0 Å². The Hall–Kier alpha value is -1.32. The first-order chi connectivity index (χ1) is 5.46. The van der Waals surface area contributed by atoms with Gasteiger partial charge in [-0.2, -0.15) is 0 Å². The van der Waals surface area contributed by atoms with Crippen LogP contribution in [0.15, 0.2) is 0 Å². The van der Waals surface area contributed by atoms with Crippen molar-refractivity contribution in [3.05, 3.63) is 32.9 Å². The maximum absolute atomic E-state index is 11.3. The SMILES string of the molecule is Cc1c(C)[n+](=O)c(C)c(C)n1[O-]. The molecule has 12 heavy (non-hydrogen) atoms. The van der Waals surface area contributed by atoms with Crippen LogP contribution in [0.1, 0.15) is 22.8 Å². The molecule has 0 fully saturated rings. The van der Waals surface area contributed by atoms with Gasteiger partial charge in [0, 0.05) is 18.8 Å². The molecule has 1 aromatic rings. The number of rotatable bonds is 0. The summed E-state index contributed by atoms with van der Waals surface area (Å²) in [7, 11) is 0. The monoisotopic (exact) mass is 168 g/mol. The van der Waals surface area contributed by atoms with Crippen LogP contribution >= 0.6 is 0 Å². The smallest absolute Gasteiger partial charge is 0.255 e. The van der Waals surface area contributed by atoms with Gasteiger partial charge in [-0.3, -0.25) is 0 Å². The third kappa shape index (κ3) is 0.995. The third-order valence-corrected chi connectivity index (χ3v) is 2.27. The average Bonchev–Trinajstić information content (AvgIpc) is 2.08. The topological polar surface area (TPSA) is 51.0 Å². The molecule has 1 heterocycles. The Morgan fingerprint density at radius 3 is 1.75 bits per heavy atom. The van der Waals surface area contributed by atoms with Crippen LogP contribution in [-0.2, 0) is 0 Å². The van der Waals surface area contributed by atoms with Gasteiger partial charge in [0.15, 0.2) is 0 Å². The van der Waals surface area contributed by atoms with Crippen molar-refractivity contribution in [3.63, 3.8) is 0 Å². The van der Waals surface area contributed by atoms with Crippen LogP contribution in [0, 0.1) is 37.8 Å². The predicted molar refractivity (Wildman–Crippen MR) is 45.5 cm³/mol. The third-order valence-electron chi connectivity index (χ3n) is 2.27. The van der Waals surface area contributed by atoms with Crippen LogP contribution in [-0.4, -0.2) is 4.73 Å². The van der Waals surface area contributed by atoms with Gasteiger partial charge < -0.3 is 9.94 Å². The summed E-state index contributed by atoms with van der Waals surface area (Å²) in [5, 5.41) is 11.3. The molecule has 4 nitrogen and oxygen atoms in total. The van der Waals surface area contributed by atoms with E-state index in [4.69, 9.17) is 0 Å². The number of hydrogen-bond donors (Lipinski definition) is 0. The summed E-state index contributed by atoms with van der Waals surface area (Å²) in [4.78, 5) is 11.3. The van der Waals surface area contributed by atoms with Gasteiger partial charge in [0.05, 0.1) is 15.8 Å². The van der Waals surface area contributed by atoms with E-state index in [9.17, 15) is 10.1 Å². The Balaban J connectivity index is 3.73. The highest BCUT2D eigenvalue weighted by Crippen LogP contribution is 2.06. The Morgan fingerprint density at radius 2 is 1.42 bits per heavy atom. The van der Waals surface area contributed by atoms with E-state index in [1.165, 1.54) is 0 Å². The van der Waals surface area contributed by atoms with E-state index >= 15 is 0 Å². The molecule has 0 amide bonds. The lowest BCUT2D eigenvalue weighted by Gasteiger charge is -2.16. The van der Waals surface area contributed by atoms with Crippen LogP contribution in [0.25, 0.3) is 0 Å². The molecule has 0 radical (unpaired) electrons. The first-order valence-electron chi connectivity index (χ1n) is 3.76. The van der Waals surface area contributed by atoms with E-state index in [0.717, 1.165) is 9.16 Å². The highest BCUT2D eigenvalue weighted by atomic mass is 16.5. The Kier molecular flexibility index (Phi) is 1.92. The van der Waals surface area contributed by atoms with E-state index in [1.54, 1.807) is 27.7 Å². The average molecular weight is 168 g/mol. The molecule has 66 valence electrons. The van der Waals surface area contributed by atoms with Crippen LogP contribution in [0.3, 0.4) is 0 Å². The minimum absolute atomic E-state index is 0.466. The first kappa shape index (κ1) is 8.77. The minimum atomic E-state index is 0.466. The molecule has 1 rings (SSSR count). The van der Waals surface area contributed by atoms with Gasteiger partial charge in [0.25, 0.3) is 11.4 Å². The van der Waals surface area contributed by atoms with Gasteiger partial charge >= 0.3 is 0 Å². The van der Waals surface area contributed by atoms with Crippen molar-refractivity contribution in [2.45, 2.75) is 27.7 Å². The van der Waals surface area contributed by atoms with Crippen molar-refractivity contribution in [2.24, 2.45) is 0 Å². The fourth-order valence-electron chi connectivity index (χ4n) is 1.09. The van der Waals surface area contributed by atoms with Gasteiger partial charge in [-0.1, -0.05) is 0 Å². The fraction of sp³-hybridized carbons (Fsp3) is 0.500. The highest BCUT2D eigenvalue weighted by molar-refractivity contribution is 5.14. The predicted octanol–water partition coefficient (Wildman–Crippen LogP) is 0.982. The molecule has 1 aromatic heterocycles. The summed E-state index contributed by atoms with van der Waals surface area (Å²) in [6.45, 7) is 6.57. The largest absolute Gasteiger partial charge is 0.805 e. The zero-order valence-electron chi connectivity index (χ0n) is 7.71. The lowest BCUT2D eigenvalue weighted by atomic mass is 10.3. The highest BCUT2D eigenvalue weighted by Gasteiger charge is 2.15. The van der Waals surface area contributed by atoms with Crippen LogP contribution in [0.4, 0.5) is 0 Å².